The smallest absolute Gasteiger partial charge is 0.251 e. The molecule has 0 atom stereocenters. The SMILES string of the molecule is CCc1cc(=O)[nH]c(C2(c3ccccc3)CCCC2)n1. The Bertz CT molecular complexity index is 640. The van der Waals surface area contributed by atoms with Crippen LogP contribution < -0.4 is 5.56 Å². The summed E-state index contributed by atoms with van der Waals surface area (Å²) in [6.45, 7) is 2.04. The van der Waals surface area contributed by atoms with Crippen LogP contribution in [0, 0.1) is 0 Å². The van der Waals surface area contributed by atoms with Crippen molar-refractivity contribution in [3.63, 3.8) is 0 Å². The summed E-state index contributed by atoms with van der Waals surface area (Å²) >= 11 is 0. The molecule has 0 radical (unpaired) electrons. The lowest BCUT2D eigenvalue weighted by Gasteiger charge is -2.28. The quantitative estimate of drug-likeness (QED) is 0.929. The van der Waals surface area contributed by atoms with Gasteiger partial charge in [0.1, 0.15) is 5.82 Å². The summed E-state index contributed by atoms with van der Waals surface area (Å²) in [5, 5.41) is 0. The van der Waals surface area contributed by atoms with Gasteiger partial charge >= 0.3 is 0 Å². The van der Waals surface area contributed by atoms with Gasteiger partial charge in [0.05, 0.1) is 5.41 Å². The Labute approximate surface area is 119 Å². The fourth-order valence-corrected chi connectivity index (χ4v) is 3.31. The van der Waals surface area contributed by atoms with Gasteiger partial charge in [-0.05, 0) is 24.8 Å². The van der Waals surface area contributed by atoms with Crippen molar-refractivity contribution < 1.29 is 0 Å². The third-order valence-corrected chi connectivity index (χ3v) is 4.39. The highest BCUT2D eigenvalue weighted by Gasteiger charge is 2.39. The first kappa shape index (κ1) is 13.1. The van der Waals surface area contributed by atoms with Gasteiger partial charge in [-0.15, -0.1) is 0 Å². The van der Waals surface area contributed by atoms with Gasteiger partial charge in [0, 0.05) is 11.8 Å². The zero-order valence-corrected chi connectivity index (χ0v) is 11.9. The number of H-pyrrole nitrogens is 1. The zero-order valence-electron chi connectivity index (χ0n) is 11.9. The number of hydrogen-bond acceptors (Lipinski definition) is 2. The third kappa shape index (κ3) is 2.17. The van der Waals surface area contributed by atoms with E-state index in [0.717, 1.165) is 30.8 Å². The van der Waals surface area contributed by atoms with Gasteiger partial charge in [-0.2, -0.15) is 0 Å². The molecule has 3 rings (SSSR count). The topological polar surface area (TPSA) is 45.8 Å². The average molecular weight is 268 g/mol. The van der Waals surface area contributed by atoms with Crippen LogP contribution in [0.1, 0.15) is 49.7 Å². The first-order valence-corrected chi connectivity index (χ1v) is 7.41. The van der Waals surface area contributed by atoms with E-state index in [2.05, 4.69) is 29.2 Å². The molecule has 3 heteroatoms. The fraction of sp³-hybridized carbons (Fsp3) is 0.412. The molecule has 3 nitrogen and oxygen atoms in total. The van der Waals surface area contributed by atoms with Gasteiger partial charge in [0.15, 0.2) is 0 Å². The van der Waals surface area contributed by atoms with Crippen molar-refractivity contribution in [2.45, 2.75) is 44.4 Å². The van der Waals surface area contributed by atoms with Crippen LogP contribution in [0.4, 0.5) is 0 Å². The molecule has 1 heterocycles. The van der Waals surface area contributed by atoms with Gasteiger partial charge in [0.25, 0.3) is 5.56 Å². The van der Waals surface area contributed by atoms with Crippen LogP contribution in [0.2, 0.25) is 0 Å². The largest absolute Gasteiger partial charge is 0.310 e. The number of nitrogens with zero attached hydrogens (tertiary/aromatic N) is 1. The van der Waals surface area contributed by atoms with Crippen LogP contribution in [0.5, 0.6) is 0 Å². The van der Waals surface area contributed by atoms with Gasteiger partial charge < -0.3 is 4.98 Å². The van der Waals surface area contributed by atoms with E-state index in [1.54, 1.807) is 6.07 Å². The molecule has 0 amide bonds. The molecule has 0 bridgehead atoms. The van der Waals surface area contributed by atoms with E-state index < -0.39 is 0 Å². The highest BCUT2D eigenvalue weighted by Crippen LogP contribution is 2.44. The van der Waals surface area contributed by atoms with E-state index in [-0.39, 0.29) is 11.0 Å². The Hall–Kier alpha value is -1.90. The van der Waals surface area contributed by atoms with Crippen LogP contribution in [0.25, 0.3) is 0 Å². The molecule has 1 N–H and O–H groups in total. The van der Waals surface area contributed by atoms with Crippen LogP contribution >= 0.6 is 0 Å². The Morgan fingerprint density at radius 3 is 2.55 bits per heavy atom. The number of aromatic nitrogens is 2. The Kier molecular flexibility index (Phi) is 3.43. The summed E-state index contributed by atoms with van der Waals surface area (Å²) in [4.78, 5) is 19.6. The van der Waals surface area contributed by atoms with Crippen molar-refractivity contribution in [3.05, 3.63) is 63.8 Å². The van der Waals surface area contributed by atoms with E-state index >= 15 is 0 Å². The van der Waals surface area contributed by atoms with Crippen molar-refractivity contribution >= 4 is 0 Å². The zero-order chi connectivity index (χ0) is 14.0. The van der Waals surface area contributed by atoms with Crippen molar-refractivity contribution in [3.8, 4) is 0 Å². The van der Waals surface area contributed by atoms with E-state index in [9.17, 15) is 4.79 Å². The van der Waals surface area contributed by atoms with Crippen molar-refractivity contribution in [1.82, 2.24) is 9.97 Å². The summed E-state index contributed by atoms with van der Waals surface area (Å²) in [7, 11) is 0. The second-order valence-electron chi connectivity index (χ2n) is 5.59. The molecule has 0 saturated heterocycles. The molecule has 20 heavy (non-hydrogen) atoms. The lowest BCUT2D eigenvalue weighted by molar-refractivity contribution is 0.494. The highest BCUT2D eigenvalue weighted by atomic mass is 16.1. The maximum Gasteiger partial charge on any atom is 0.251 e. The molecule has 1 aliphatic rings. The highest BCUT2D eigenvalue weighted by molar-refractivity contribution is 5.34. The van der Waals surface area contributed by atoms with Crippen LogP contribution in [-0.2, 0) is 11.8 Å². The number of aryl methyl sites for hydroxylation is 1. The Morgan fingerprint density at radius 1 is 1.20 bits per heavy atom. The van der Waals surface area contributed by atoms with Crippen LogP contribution in [0.3, 0.4) is 0 Å². The monoisotopic (exact) mass is 268 g/mol. The van der Waals surface area contributed by atoms with Crippen molar-refractivity contribution in [2.75, 3.05) is 0 Å². The predicted molar refractivity (Wildman–Crippen MR) is 79.9 cm³/mol. The summed E-state index contributed by atoms with van der Waals surface area (Å²) in [5.74, 6) is 0.852. The fourth-order valence-electron chi connectivity index (χ4n) is 3.31. The average Bonchev–Trinajstić information content (AvgIpc) is 2.98. The maximum atomic E-state index is 11.9. The summed E-state index contributed by atoms with van der Waals surface area (Å²) in [6.07, 6.45) is 5.30. The Morgan fingerprint density at radius 2 is 1.90 bits per heavy atom. The van der Waals surface area contributed by atoms with E-state index in [1.807, 2.05) is 13.0 Å². The number of hydrogen-bond donors (Lipinski definition) is 1. The van der Waals surface area contributed by atoms with Gasteiger partial charge in [-0.1, -0.05) is 50.1 Å². The van der Waals surface area contributed by atoms with E-state index in [1.165, 1.54) is 18.4 Å². The maximum absolute atomic E-state index is 11.9. The number of rotatable bonds is 3. The molecule has 2 aromatic rings. The predicted octanol–water partition coefficient (Wildman–Crippen LogP) is 3.19. The van der Waals surface area contributed by atoms with Crippen LogP contribution in [-0.4, -0.2) is 9.97 Å². The molecule has 1 aliphatic carbocycles. The lowest BCUT2D eigenvalue weighted by Crippen LogP contribution is -2.30. The summed E-state index contributed by atoms with van der Waals surface area (Å²) in [5.41, 5.74) is 2.01. The molecule has 1 aromatic carbocycles. The molecule has 1 saturated carbocycles. The van der Waals surface area contributed by atoms with E-state index in [0.29, 0.717) is 0 Å². The minimum absolute atomic E-state index is 0.0333. The second kappa shape index (κ2) is 5.23. The molecular formula is C17H20N2O. The molecule has 0 unspecified atom stereocenters. The molecule has 0 spiro atoms. The normalized spacial score (nSPS) is 17.2. The minimum Gasteiger partial charge on any atom is -0.310 e. The molecule has 104 valence electrons. The van der Waals surface area contributed by atoms with Gasteiger partial charge in [0.2, 0.25) is 0 Å². The third-order valence-electron chi connectivity index (χ3n) is 4.39. The number of nitrogens with one attached hydrogen (secondary N) is 1. The second-order valence-corrected chi connectivity index (χ2v) is 5.59. The van der Waals surface area contributed by atoms with Crippen LogP contribution in [0.15, 0.2) is 41.2 Å². The number of aromatic amines is 1. The first-order valence-electron chi connectivity index (χ1n) is 7.41. The Balaban J connectivity index is 2.17. The first-order chi connectivity index (χ1) is 9.74. The molecule has 0 aliphatic heterocycles. The van der Waals surface area contributed by atoms with Gasteiger partial charge in [-0.25, -0.2) is 4.98 Å². The standard InChI is InChI=1S/C17H20N2O/c1-2-14-12-15(20)19-16(18-14)17(10-6-7-11-17)13-8-4-3-5-9-13/h3-5,8-9,12H,2,6-7,10-11H2,1H3,(H,18,19,20). The van der Waals surface area contributed by atoms with Crippen molar-refractivity contribution in [1.29, 1.82) is 0 Å². The lowest BCUT2D eigenvalue weighted by atomic mass is 9.78. The van der Waals surface area contributed by atoms with E-state index in [4.69, 9.17) is 4.98 Å². The van der Waals surface area contributed by atoms with Gasteiger partial charge in [-0.3, -0.25) is 4.79 Å². The molecular weight excluding hydrogens is 248 g/mol. The minimum atomic E-state index is -0.106. The van der Waals surface area contributed by atoms with Crippen molar-refractivity contribution in [2.24, 2.45) is 0 Å². The summed E-state index contributed by atoms with van der Waals surface area (Å²) < 4.78 is 0. The summed E-state index contributed by atoms with van der Waals surface area (Å²) in [6, 6.07) is 12.1. The molecule has 1 aromatic heterocycles. The number of benzene rings is 1. The molecule has 1 fully saturated rings.